The third kappa shape index (κ3) is 5.14. The summed E-state index contributed by atoms with van der Waals surface area (Å²) in [5, 5.41) is 10.7. The number of nitrogens with one attached hydrogen (secondary N) is 2. The van der Waals surface area contributed by atoms with Gasteiger partial charge in [-0.05, 0) is 32.7 Å². The highest BCUT2D eigenvalue weighted by Gasteiger charge is 2.32. The number of rotatable bonds is 4. The van der Waals surface area contributed by atoms with Gasteiger partial charge < -0.3 is 10.6 Å². The lowest BCUT2D eigenvalue weighted by molar-refractivity contribution is -0.124. The van der Waals surface area contributed by atoms with Crippen LogP contribution in [0.3, 0.4) is 0 Å². The first-order valence-electron chi connectivity index (χ1n) is 14.4. The summed E-state index contributed by atoms with van der Waals surface area (Å²) in [7, 11) is 0. The van der Waals surface area contributed by atoms with Gasteiger partial charge >= 0.3 is 0 Å². The smallest absolute Gasteiger partial charge is 0.229 e. The number of hydrogen-bond donors (Lipinski definition) is 2. The summed E-state index contributed by atoms with van der Waals surface area (Å²) in [6.45, 7) is 11.3. The lowest BCUT2D eigenvalue weighted by Crippen LogP contribution is -2.31. The van der Waals surface area contributed by atoms with Crippen molar-refractivity contribution in [2.45, 2.75) is 41.5 Å². The fourth-order valence-corrected chi connectivity index (χ4v) is 5.83. The van der Waals surface area contributed by atoms with Crippen molar-refractivity contribution in [2.75, 3.05) is 10.6 Å². The maximum atomic E-state index is 13.8. The van der Waals surface area contributed by atoms with Crippen molar-refractivity contribution in [1.82, 2.24) is 8.75 Å². The molecule has 0 bridgehead atoms. The highest BCUT2D eigenvalue weighted by molar-refractivity contribution is 7.00. The van der Waals surface area contributed by atoms with Gasteiger partial charge in [-0.15, -0.1) is 0 Å². The molecule has 1 aromatic heterocycles. The number of fused-ring (bicyclic) bond motifs is 3. The minimum absolute atomic E-state index is 0.174. The molecular weight excluding hydrogens is 552 g/mol. The maximum Gasteiger partial charge on any atom is 0.229 e. The molecule has 0 fully saturated rings. The Kier molecular flexibility index (Phi) is 7.01. The van der Waals surface area contributed by atoms with Gasteiger partial charge in [0.15, 0.2) is 0 Å². The largest absolute Gasteiger partial charge is 0.323 e. The maximum absolute atomic E-state index is 13.8. The van der Waals surface area contributed by atoms with Crippen LogP contribution < -0.4 is 10.6 Å². The van der Waals surface area contributed by atoms with E-state index in [-0.39, 0.29) is 11.8 Å². The van der Waals surface area contributed by atoms with Gasteiger partial charge in [-0.1, -0.05) is 126 Å². The van der Waals surface area contributed by atoms with Crippen LogP contribution in [0, 0.1) is 10.8 Å². The van der Waals surface area contributed by atoms with Gasteiger partial charge in [0, 0.05) is 22.0 Å². The van der Waals surface area contributed by atoms with Crippen LogP contribution in [0.15, 0.2) is 84.9 Å². The number of carbonyl (C=O) groups is 2. The Bertz CT molecular complexity index is 1890. The standard InChI is InChI=1S/C36H34N4O2S/c1-35(2,3)33(41)37-29-27(25-19-11-15-21-13-7-9-17-23(21)25)31-32(40-43-39-31)28(30(29)38-34(42)36(4,5)6)26-20-12-16-22-14-8-10-18-24(22)26/h7-20H,1-6H3,(H,37,41)(H,38,42). The molecule has 2 N–H and O–H groups in total. The number of nitrogens with zero attached hydrogens (tertiary/aromatic N) is 2. The molecule has 6 aromatic rings. The summed E-state index contributed by atoms with van der Waals surface area (Å²) in [5.41, 5.74) is 4.22. The van der Waals surface area contributed by atoms with Gasteiger partial charge in [0.2, 0.25) is 11.8 Å². The Labute approximate surface area is 255 Å². The van der Waals surface area contributed by atoms with Crippen molar-refractivity contribution in [3.8, 4) is 22.3 Å². The van der Waals surface area contributed by atoms with Crippen molar-refractivity contribution < 1.29 is 9.59 Å². The van der Waals surface area contributed by atoms with E-state index < -0.39 is 10.8 Å². The van der Waals surface area contributed by atoms with Crippen LogP contribution >= 0.6 is 11.7 Å². The molecule has 0 aliphatic carbocycles. The minimum Gasteiger partial charge on any atom is -0.323 e. The van der Waals surface area contributed by atoms with E-state index in [9.17, 15) is 9.59 Å². The second-order valence-corrected chi connectivity index (χ2v) is 13.5. The number of aromatic nitrogens is 2. The normalized spacial score (nSPS) is 12.1. The number of anilines is 2. The topological polar surface area (TPSA) is 84.0 Å². The van der Waals surface area contributed by atoms with Crippen LogP contribution in [0.2, 0.25) is 0 Å². The zero-order valence-electron chi connectivity index (χ0n) is 25.2. The van der Waals surface area contributed by atoms with E-state index in [2.05, 4.69) is 47.0 Å². The number of hydrogen-bond acceptors (Lipinski definition) is 5. The van der Waals surface area contributed by atoms with Gasteiger partial charge in [-0.3, -0.25) is 9.59 Å². The lowest BCUT2D eigenvalue weighted by atomic mass is 9.88. The van der Waals surface area contributed by atoms with Gasteiger partial charge in [0.05, 0.1) is 23.1 Å². The third-order valence-corrected chi connectivity index (χ3v) is 8.20. The Morgan fingerprint density at radius 3 is 1.33 bits per heavy atom. The Balaban J connectivity index is 1.81. The highest BCUT2D eigenvalue weighted by atomic mass is 32.1. The molecular formula is C36H34N4O2S. The Morgan fingerprint density at radius 1 is 0.558 bits per heavy atom. The van der Waals surface area contributed by atoms with Crippen molar-refractivity contribution >= 4 is 67.5 Å². The molecule has 0 spiro atoms. The van der Waals surface area contributed by atoms with Gasteiger partial charge in [0.1, 0.15) is 11.0 Å². The zero-order chi connectivity index (χ0) is 30.5. The van der Waals surface area contributed by atoms with Crippen LogP contribution in [0.5, 0.6) is 0 Å². The quantitative estimate of drug-likeness (QED) is 0.216. The summed E-state index contributed by atoms with van der Waals surface area (Å²) in [5.74, 6) is -0.349. The van der Waals surface area contributed by atoms with E-state index in [4.69, 9.17) is 8.75 Å². The molecule has 2 amide bonds. The molecule has 0 aliphatic heterocycles. The Morgan fingerprint density at radius 2 is 0.930 bits per heavy atom. The van der Waals surface area contributed by atoms with Crippen LogP contribution in [-0.2, 0) is 9.59 Å². The van der Waals surface area contributed by atoms with Crippen LogP contribution in [0.1, 0.15) is 41.5 Å². The predicted octanol–water partition coefficient (Wildman–Crippen LogP) is 9.30. The summed E-state index contributed by atoms with van der Waals surface area (Å²) >= 11 is 1.12. The van der Waals surface area contributed by atoms with Gasteiger partial charge in [-0.25, -0.2) is 0 Å². The van der Waals surface area contributed by atoms with Crippen molar-refractivity contribution in [1.29, 1.82) is 0 Å². The number of carbonyl (C=O) groups excluding carboxylic acids is 2. The molecule has 0 radical (unpaired) electrons. The molecule has 1 heterocycles. The summed E-state index contributed by atoms with van der Waals surface area (Å²) in [6.07, 6.45) is 0. The molecule has 0 saturated carbocycles. The third-order valence-electron chi connectivity index (χ3n) is 7.67. The predicted molar refractivity (Wildman–Crippen MR) is 179 cm³/mol. The average molecular weight is 587 g/mol. The van der Waals surface area contributed by atoms with Crippen LogP contribution in [-0.4, -0.2) is 20.6 Å². The van der Waals surface area contributed by atoms with Crippen LogP contribution in [0.25, 0.3) is 54.8 Å². The molecule has 5 aromatic carbocycles. The summed E-state index contributed by atoms with van der Waals surface area (Å²) in [4.78, 5) is 27.6. The fourth-order valence-electron chi connectivity index (χ4n) is 5.27. The van der Waals surface area contributed by atoms with E-state index in [1.807, 2.05) is 90.1 Å². The number of benzene rings is 5. The first kappa shape index (κ1) is 28.5. The fraction of sp³-hybridized carbons (Fsp3) is 0.222. The molecule has 0 aliphatic rings. The monoisotopic (exact) mass is 586 g/mol. The Hall–Kier alpha value is -4.62. The molecule has 216 valence electrons. The second-order valence-electron chi connectivity index (χ2n) is 12.9. The summed E-state index contributed by atoms with van der Waals surface area (Å²) < 4.78 is 9.67. The second kappa shape index (κ2) is 10.6. The van der Waals surface area contributed by atoms with E-state index in [0.717, 1.165) is 55.5 Å². The van der Waals surface area contributed by atoms with Gasteiger partial charge in [-0.2, -0.15) is 8.75 Å². The van der Waals surface area contributed by atoms with E-state index in [1.165, 1.54) is 0 Å². The van der Waals surface area contributed by atoms with E-state index in [1.54, 1.807) is 0 Å². The molecule has 7 heteroatoms. The van der Waals surface area contributed by atoms with Gasteiger partial charge in [0.25, 0.3) is 0 Å². The van der Waals surface area contributed by atoms with Crippen LogP contribution in [0.4, 0.5) is 11.4 Å². The van der Waals surface area contributed by atoms with E-state index >= 15 is 0 Å². The first-order chi connectivity index (χ1) is 20.4. The SMILES string of the molecule is CC(C)(C)C(=O)Nc1c(NC(=O)C(C)(C)C)c(-c2cccc3ccccc23)c2nsnc2c1-c1cccc2ccccc12. The summed E-state index contributed by atoms with van der Waals surface area (Å²) in [6, 6.07) is 28.5. The van der Waals surface area contributed by atoms with Crippen molar-refractivity contribution in [3.05, 3.63) is 84.9 Å². The lowest BCUT2D eigenvalue weighted by Gasteiger charge is -2.27. The molecule has 0 unspecified atom stereocenters. The minimum atomic E-state index is -0.698. The molecule has 43 heavy (non-hydrogen) atoms. The van der Waals surface area contributed by atoms with Crippen molar-refractivity contribution in [2.24, 2.45) is 10.8 Å². The molecule has 0 atom stereocenters. The van der Waals surface area contributed by atoms with E-state index in [0.29, 0.717) is 22.4 Å². The molecule has 6 nitrogen and oxygen atoms in total. The first-order valence-corrected chi connectivity index (χ1v) is 15.1. The molecule has 6 rings (SSSR count). The molecule has 0 saturated heterocycles. The zero-order valence-corrected chi connectivity index (χ0v) is 26.0. The highest BCUT2D eigenvalue weighted by Crippen LogP contribution is 2.50. The van der Waals surface area contributed by atoms with Crippen molar-refractivity contribution in [3.63, 3.8) is 0 Å². The average Bonchev–Trinajstić information content (AvgIpc) is 3.45. The number of amides is 2.